The first-order valence-corrected chi connectivity index (χ1v) is 8.86. The maximum atomic E-state index is 14.0. The monoisotopic (exact) mass is 369 g/mol. The normalized spacial score (nSPS) is 17.6. The summed E-state index contributed by atoms with van der Waals surface area (Å²) in [6.45, 7) is 4.51. The number of oxime groups is 1. The van der Waals surface area contributed by atoms with Crippen molar-refractivity contribution in [3.8, 4) is 16.9 Å². The molecule has 2 aromatic carbocycles. The van der Waals surface area contributed by atoms with Crippen molar-refractivity contribution < 1.29 is 19.1 Å². The highest BCUT2D eigenvalue weighted by atomic mass is 19.1. The second-order valence-corrected chi connectivity index (χ2v) is 6.67. The molecule has 0 aromatic heterocycles. The van der Waals surface area contributed by atoms with E-state index in [4.69, 9.17) is 4.74 Å². The van der Waals surface area contributed by atoms with E-state index in [1.165, 1.54) is 12.1 Å². The van der Waals surface area contributed by atoms with Gasteiger partial charge >= 0.3 is 0 Å². The van der Waals surface area contributed by atoms with Crippen LogP contribution < -0.4 is 10.1 Å². The fraction of sp³-hybridized carbons (Fsp3) is 0.300. The molecule has 27 heavy (non-hydrogen) atoms. The summed E-state index contributed by atoms with van der Waals surface area (Å²) in [6.07, 6.45) is 0.771. The van der Waals surface area contributed by atoms with Gasteiger partial charge in [-0.25, -0.2) is 4.39 Å². The maximum Gasteiger partial charge on any atom is 0.278 e. The highest BCUT2D eigenvalue weighted by molar-refractivity contribution is 6.54. The van der Waals surface area contributed by atoms with Crippen LogP contribution in [0.3, 0.4) is 0 Å². The van der Waals surface area contributed by atoms with Gasteiger partial charge in [0.05, 0.1) is 12.8 Å². The molecule has 6 nitrogen and oxygen atoms in total. The number of methoxy groups -OCH3 is 1. The lowest BCUT2D eigenvalue weighted by molar-refractivity contribution is -0.110. The van der Waals surface area contributed by atoms with Crippen molar-refractivity contribution in [1.29, 1.82) is 0 Å². The zero-order valence-electron chi connectivity index (χ0n) is 15.2. The van der Waals surface area contributed by atoms with Gasteiger partial charge in [0.2, 0.25) is 0 Å². The minimum absolute atomic E-state index is 0.0296. The van der Waals surface area contributed by atoms with Crippen LogP contribution in [0.2, 0.25) is 0 Å². The van der Waals surface area contributed by atoms with Gasteiger partial charge in [0.15, 0.2) is 5.71 Å². The molecule has 0 saturated carbocycles. The van der Waals surface area contributed by atoms with E-state index in [-0.39, 0.29) is 11.5 Å². The van der Waals surface area contributed by atoms with Crippen LogP contribution in [0, 0.1) is 5.82 Å². The Morgan fingerprint density at radius 1 is 1.26 bits per heavy atom. The number of nitrogens with zero attached hydrogens (tertiary/aromatic N) is 2. The highest BCUT2D eigenvalue weighted by Gasteiger charge is 2.34. The van der Waals surface area contributed by atoms with Crippen molar-refractivity contribution >= 4 is 17.3 Å². The first kappa shape index (κ1) is 17.5. The van der Waals surface area contributed by atoms with Gasteiger partial charge in [0, 0.05) is 24.2 Å². The van der Waals surface area contributed by atoms with Crippen molar-refractivity contribution in [2.45, 2.75) is 19.9 Å². The van der Waals surface area contributed by atoms with E-state index in [9.17, 15) is 14.4 Å². The molecule has 2 aliphatic rings. The molecule has 0 aliphatic carbocycles. The van der Waals surface area contributed by atoms with Crippen LogP contribution in [-0.2, 0) is 17.8 Å². The second-order valence-electron chi connectivity index (χ2n) is 6.67. The van der Waals surface area contributed by atoms with Crippen molar-refractivity contribution in [1.82, 2.24) is 4.90 Å². The topological polar surface area (TPSA) is 74.2 Å². The van der Waals surface area contributed by atoms with Crippen molar-refractivity contribution in [2.75, 3.05) is 25.5 Å². The lowest BCUT2D eigenvalue weighted by atomic mass is 9.86. The van der Waals surface area contributed by atoms with E-state index in [0.717, 1.165) is 36.2 Å². The summed E-state index contributed by atoms with van der Waals surface area (Å²) in [5, 5.41) is 15.3. The molecule has 0 fully saturated rings. The van der Waals surface area contributed by atoms with Crippen LogP contribution in [0.15, 0.2) is 29.4 Å². The van der Waals surface area contributed by atoms with Crippen LogP contribution >= 0.6 is 0 Å². The molecule has 0 radical (unpaired) electrons. The number of fused-ring (bicyclic) bond motifs is 3. The first-order chi connectivity index (χ1) is 13.1. The number of amides is 1. The standard InChI is InChI=1S/C20H20FN3O3/c1-3-24-7-6-12-13(14-8-11(21)4-5-17(14)27-2)9-15-18(16(12)10-24)22-20(25)19(15)23-26/h4-5,8-9,26H,3,6-7,10H2,1-2H3,(H,22,23,25). The number of halogens is 1. The molecule has 0 spiro atoms. The first-order valence-electron chi connectivity index (χ1n) is 8.86. The summed E-state index contributed by atoms with van der Waals surface area (Å²) in [5.74, 6) is -0.251. The number of nitrogens with one attached hydrogen (secondary N) is 1. The lowest BCUT2D eigenvalue weighted by Crippen LogP contribution is -2.31. The summed E-state index contributed by atoms with van der Waals surface area (Å²) in [5.41, 5.74) is 4.64. The van der Waals surface area contributed by atoms with Crippen LogP contribution in [-0.4, -0.2) is 41.9 Å². The van der Waals surface area contributed by atoms with Gasteiger partial charge in [-0.3, -0.25) is 9.69 Å². The van der Waals surface area contributed by atoms with Crippen LogP contribution in [0.4, 0.5) is 10.1 Å². The summed E-state index contributed by atoms with van der Waals surface area (Å²) in [7, 11) is 1.54. The van der Waals surface area contributed by atoms with E-state index >= 15 is 0 Å². The van der Waals surface area contributed by atoms with Crippen molar-refractivity contribution in [2.24, 2.45) is 5.16 Å². The number of likely N-dealkylation sites (N-methyl/N-ethyl adjacent to an activating group) is 1. The minimum Gasteiger partial charge on any atom is -0.496 e. The average molecular weight is 369 g/mol. The van der Waals surface area contributed by atoms with E-state index in [1.807, 2.05) is 0 Å². The molecule has 0 atom stereocenters. The average Bonchev–Trinajstić information content (AvgIpc) is 3.02. The van der Waals surface area contributed by atoms with E-state index in [1.54, 1.807) is 19.2 Å². The predicted octanol–water partition coefficient (Wildman–Crippen LogP) is 3.01. The van der Waals surface area contributed by atoms with Crippen molar-refractivity contribution in [3.63, 3.8) is 0 Å². The van der Waals surface area contributed by atoms with E-state index in [2.05, 4.69) is 22.3 Å². The number of anilines is 1. The fourth-order valence-electron chi connectivity index (χ4n) is 3.94. The molecule has 0 saturated heterocycles. The number of hydrogen-bond donors (Lipinski definition) is 2. The minimum atomic E-state index is -0.438. The molecule has 2 aliphatic heterocycles. The van der Waals surface area contributed by atoms with Gasteiger partial charge in [-0.2, -0.15) is 0 Å². The Morgan fingerprint density at radius 3 is 2.78 bits per heavy atom. The summed E-state index contributed by atoms with van der Waals surface area (Å²) in [6, 6.07) is 6.18. The molecule has 2 N–H and O–H groups in total. The number of carbonyl (C=O) groups is 1. The summed E-state index contributed by atoms with van der Waals surface area (Å²) >= 11 is 0. The molecular weight excluding hydrogens is 349 g/mol. The molecular formula is C20H20FN3O3. The van der Waals surface area contributed by atoms with Gasteiger partial charge in [0.25, 0.3) is 5.91 Å². The number of hydrogen-bond acceptors (Lipinski definition) is 5. The smallest absolute Gasteiger partial charge is 0.278 e. The van der Waals surface area contributed by atoms with E-state index in [0.29, 0.717) is 29.1 Å². The molecule has 7 heteroatoms. The Morgan fingerprint density at radius 2 is 2.07 bits per heavy atom. The second kappa shape index (κ2) is 6.66. The predicted molar refractivity (Wildman–Crippen MR) is 100.0 cm³/mol. The SMILES string of the molecule is CCN1CCc2c(-c3cc(F)ccc3OC)cc3c(c2C1)NC(=O)/C3=N\O. The molecule has 0 bridgehead atoms. The van der Waals surface area contributed by atoms with Gasteiger partial charge in [-0.05, 0) is 53.9 Å². The fourth-order valence-corrected chi connectivity index (χ4v) is 3.94. The molecule has 2 heterocycles. The van der Waals surface area contributed by atoms with Crippen molar-refractivity contribution in [3.05, 3.63) is 46.8 Å². The summed E-state index contributed by atoms with van der Waals surface area (Å²) in [4.78, 5) is 14.5. The summed E-state index contributed by atoms with van der Waals surface area (Å²) < 4.78 is 19.4. The Balaban J connectivity index is 2.01. The quantitative estimate of drug-likeness (QED) is 0.644. The molecule has 2 aromatic rings. The third-order valence-electron chi connectivity index (χ3n) is 5.32. The van der Waals surface area contributed by atoms with Gasteiger partial charge in [-0.1, -0.05) is 12.1 Å². The number of rotatable bonds is 3. The number of ether oxygens (including phenoxy) is 1. The van der Waals surface area contributed by atoms with Crippen LogP contribution in [0.1, 0.15) is 23.6 Å². The Labute approximate surface area is 156 Å². The molecule has 0 unspecified atom stereocenters. The van der Waals surface area contributed by atoms with Crippen LogP contribution in [0.5, 0.6) is 5.75 Å². The Hall–Kier alpha value is -2.93. The molecule has 1 amide bonds. The largest absolute Gasteiger partial charge is 0.496 e. The lowest BCUT2D eigenvalue weighted by Gasteiger charge is -2.31. The molecule has 4 rings (SSSR count). The zero-order valence-corrected chi connectivity index (χ0v) is 15.2. The third-order valence-corrected chi connectivity index (χ3v) is 5.32. The zero-order chi connectivity index (χ0) is 19.1. The van der Waals surface area contributed by atoms with E-state index < -0.39 is 5.91 Å². The number of benzene rings is 2. The van der Waals surface area contributed by atoms with Gasteiger partial charge < -0.3 is 15.3 Å². The number of carbonyl (C=O) groups excluding carboxylic acids is 1. The van der Waals surface area contributed by atoms with Crippen LogP contribution in [0.25, 0.3) is 11.1 Å². The highest BCUT2D eigenvalue weighted by Crippen LogP contribution is 2.42. The van der Waals surface area contributed by atoms with Gasteiger partial charge in [-0.15, -0.1) is 0 Å². The van der Waals surface area contributed by atoms with Gasteiger partial charge in [0.1, 0.15) is 11.6 Å². The Kier molecular flexibility index (Phi) is 4.31. The third kappa shape index (κ3) is 2.75. The molecule has 140 valence electrons. The Bertz CT molecular complexity index is 971. The maximum absolute atomic E-state index is 14.0.